The Kier molecular flexibility index (Phi) is 7.92. The third-order valence-corrected chi connectivity index (χ3v) is 4.14. The van der Waals surface area contributed by atoms with Gasteiger partial charge in [0.1, 0.15) is 5.75 Å². The monoisotopic (exact) mass is 303 g/mol. The highest BCUT2D eigenvalue weighted by molar-refractivity contribution is 7.99. The molecule has 0 aliphatic heterocycles. The van der Waals surface area contributed by atoms with Crippen LogP contribution in [-0.2, 0) is 6.42 Å². The number of thioether (sulfide) groups is 1. The van der Waals surface area contributed by atoms with Gasteiger partial charge in [0.25, 0.3) is 0 Å². The van der Waals surface area contributed by atoms with Crippen LogP contribution >= 0.6 is 11.8 Å². The van der Waals surface area contributed by atoms with Crippen molar-refractivity contribution in [2.75, 3.05) is 12.8 Å². The van der Waals surface area contributed by atoms with E-state index in [0.717, 1.165) is 24.9 Å². The van der Waals surface area contributed by atoms with Crippen LogP contribution in [0.2, 0.25) is 0 Å². The predicted octanol–water partition coefficient (Wildman–Crippen LogP) is 3.95. The molecule has 0 heterocycles. The molecule has 0 saturated heterocycles. The van der Waals surface area contributed by atoms with Crippen LogP contribution in [-0.4, -0.2) is 30.7 Å². The van der Waals surface area contributed by atoms with Gasteiger partial charge in [-0.05, 0) is 43.7 Å². The predicted molar refractivity (Wildman–Crippen MR) is 81.8 cm³/mol. The second kappa shape index (κ2) is 9.19. The number of benzene rings is 1. The normalized spacial score (nSPS) is 14.3. The van der Waals surface area contributed by atoms with E-state index in [-0.39, 0.29) is 5.75 Å². The van der Waals surface area contributed by atoms with Crippen molar-refractivity contribution in [3.8, 4) is 5.75 Å². The standard InChI is InChI=1S/C15H23F2NOS/c1-11(18-10-12(2)20-3)4-5-13-6-8-14(9-7-13)19-15(16)17/h6-9,11-12,15,18H,4-5,10H2,1-3H3. The first-order chi connectivity index (χ1) is 9.51. The lowest BCUT2D eigenvalue weighted by atomic mass is 10.1. The van der Waals surface area contributed by atoms with E-state index in [1.165, 1.54) is 0 Å². The topological polar surface area (TPSA) is 21.3 Å². The highest BCUT2D eigenvalue weighted by atomic mass is 32.2. The van der Waals surface area contributed by atoms with Crippen molar-refractivity contribution in [3.05, 3.63) is 29.8 Å². The molecule has 0 bridgehead atoms. The van der Waals surface area contributed by atoms with E-state index in [9.17, 15) is 8.78 Å². The Hall–Kier alpha value is -0.810. The molecule has 2 nitrogen and oxygen atoms in total. The van der Waals surface area contributed by atoms with Crippen molar-refractivity contribution in [2.24, 2.45) is 0 Å². The zero-order valence-electron chi connectivity index (χ0n) is 12.2. The SMILES string of the molecule is CSC(C)CNC(C)CCc1ccc(OC(F)F)cc1. The van der Waals surface area contributed by atoms with Gasteiger partial charge in [-0.15, -0.1) is 0 Å². The highest BCUT2D eigenvalue weighted by Crippen LogP contribution is 2.16. The fraction of sp³-hybridized carbons (Fsp3) is 0.600. The molecule has 1 aromatic carbocycles. The maximum absolute atomic E-state index is 12.0. The van der Waals surface area contributed by atoms with E-state index in [1.54, 1.807) is 12.1 Å². The summed E-state index contributed by atoms with van der Waals surface area (Å²) in [6, 6.07) is 7.32. The van der Waals surface area contributed by atoms with Crippen molar-refractivity contribution < 1.29 is 13.5 Å². The molecule has 0 aliphatic carbocycles. The average Bonchev–Trinajstić information content (AvgIpc) is 2.43. The molecule has 5 heteroatoms. The molecule has 2 unspecified atom stereocenters. The summed E-state index contributed by atoms with van der Waals surface area (Å²) in [4.78, 5) is 0. The van der Waals surface area contributed by atoms with Gasteiger partial charge < -0.3 is 10.1 Å². The van der Waals surface area contributed by atoms with E-state index in [2.05, 4.69) is 30.2 Å². The van der Waals surface area contributed by atoms with E-state index in [0.29, 0.717) is 11.3 Å². The second-order valence-electron chi connectivity index (χ2n) is 4.92. The lowest BCUT2D eigenvalue weighted by molar-refractivity contribution is -0.0498. The van der Waals surface area contributed by atoms with Crippen molar-refractivity contribution in [2.45, 2.75) is 44.6 Å². The van der Waals surface area contributed by atoms with Gasteiger partial charge in [-0.25, -0.2) is 0 Å². The quantitative estimate of drug-likeness (QED) is 0.746. The Morgan fingerprint density at radius 2 is 1.85 bits per heavy atom. The zero-order valence-corrected chi connectivity index (χ0v) is 13.1. The Bertz CT molecular complexity index is 373. The maximum atomic E-state index is 12.0. The van der Waals surface area contributed by atoms with Crippen LogP contribution in [0.25, 0.3) is 0 Å². The molecule has 0 spiro atoms. The Labute approximate surface area is 124 Å². The number of halogens is 2. The van der Waals surface area contributed by atoms with Crippen LogP contribution in [0.15, 0.2) is 24.3 Å². The minimum Gasteiger partial charge on any atom is -0.435 e. The van der Waals surface area contributed by atoms with Gasteiger partial charge in [-0.2, -0.15) is 20.5 Å². The van der Waals surface area contributed by atoms with E-state index in [4.69, 9.17) is 0 Å². The molecule has 1 rings (SSSR count). The summed E-state index contributed by atoms with van der Waals surface area (Å²) < 4.78 is 28.4. The van der Waals surface area contributed by atoms with Crippen LogP contribution in [0, 0.1) is 0 Å². The van der Waals surface area contributed by atoms with Gasteiger partial charge in [-0.1, -0.05) is 19.1 Å². The first-order valence-electron chi connectivity index (χ1n) is 6.81. The highest BCUT2D eigenvalue weighted by Gasteiger charge is 2.06. The number of alkyl halides is 2. The van der Waals surface area contributed by atoms with Crippen molar-refractivity contribution >= 4 is 11.8 Å². The largest absolute Gasteiger partial charge is 0.435 e. The van der Waals surface area contributed by atoms with E-state index >= 15 is 0 Å². The summed E-state index contributed by atoms with van der Waals surface area (Å²) in [6.07, 6.45) is 4.06. The Balaban J connectivity index is 2.30. The number of aryl methyl sites for hydroxylation is 1. The summed E-state index contributed by atoms with van der Waals surface area (Å²) >= 11 is 1.85. The van der Waals surface area contributed by atoms with Gasteiger partial charge in [0.05, 0.1) is 0 Å². The number of hydrogen-bond acceptors (Lipinski definition) is 3. The minimum atomic E-state index is -2.76. The number of rotatable bonds is 9. The Morgan fingerprint density at radius 1 is 1.20 bits per heavy atom. The van der Waals surface area contributed by atoms with Crippen LogP contribution in [0.5, 0.6) is 5.75 Å². The van der Waals surface area contributed by atoms with Crippen molar-refractivity contribution in [1.29, 1.82) is 0 Å². The second-order valence-corrected chi connectivity index (χ2v) is 6.19. The van der Waals surface area contributed by atoms with Gasteiger partial charge in [0.2, 0.25) is 0 Å². The van der Waals surface area contributed by atoms with Crippen molar-refractivity contribution in [3.63, 3.8) is 0 Å². The molecule has 1 aromatic rings. The van der Waals surface area contributed by atoms with Gasteiger partial charge >= 0.3 is 6.61 Å². The van der Waals surface area contributed by atoms with Gasteiger partial charge in [0, 0.05) is 17.8 Å². The average molecular weight is 303 g/mol. The number of hydrogen-bond donors (Lipinski definition) is 1. The molecule has 1 N–H and O–H groups in total. The van der Waals surface area contributed by atoms with Gasteiger partial charge in [0.15, 0.2) is 0 Å². The van der Waals surface area contributed by atoms with Crippen LogP contribution in [0.3, 0.4) is 0 Å². The number of nitrogens with one attached hydrogen (secondary N) is 1. The first-order valence-corrected chi connectivity index (χ1v) is 8.10. The lowest BCUT2D eigenvalue weighted by Crippen LogP contribution is -2.31. The molecule has 20 heavy (non-hydrogen) atoms. The smallest absolute Gasteiger partial charge is 0.387 e. The molecular formula is C15H23F2NOS. The maximum Gasteiger partial charge on any atom is 0.387 e. The molecule has 0 aromatic heterocycles. The van der Waals surface area contributed by atoms with Crippen LogP contribution in [0.4, 0.5) is 8.78 Å². The summed E-state index contributed by atoms with van der Waals surface area (Å²) in [6.45, 7) is 2.61. The zero-order chi connectivity index (χ0) is 15.0. The molecular weight excluding hydrogens is 280 g/mol. The molecule has 114 valence electrons. The summed E-state index contributed by atoms with van der Waals surface area (Å²) in [5.74, 6) is 0.212. The van der Waals surface area contributed by atoms with E-state index < -0.39 is 6.61 Å². The molecule has 0 fully saturated rings. The fourth-order valence-corrected chi connectivity index (χ4v) is 2.04. The number of ether oxygens (including phenoxy) is 1. The molecule has 0 radical (unpaired) electrons. The minimum absolute atomic E-state index is 0.212. The summed E-state index contributed by atoms with van der Waals surface area (Å²) in [5.41, 5.74) is 1.14. The molecule has 0 aliphatic rings. The van der Waals surface area contributed by atoms with Crippen molar-refractivity contribution in [1.82, 2.24) is 5.32 Å². The third kappa shape index (κ3) is 7.10. The summed E-state index contributed by atoms with van der Waals surface area (Å²) in [5, 5.41) is 4.11. The van der Waals surface area contributed by atoms with Crippen LogP contribution < -0.4 is 10.1 Å². The Morgan fingerprint density at radius 3 is 2.40 bits per heavy atom. The molecule has 2 atom stereocenters. The summed E-state index contributed by atoms with van der Waals surface area (Å²) in [7, 11) is 0. The van der Waals surface area contributed by atoms with Gasteiger partial charge in [-0.3, -0.25) is 0 Å². The third-order valence-electron chi connectivity index (χ3n) is 3.17. The molecule has 0 amide bonds. The lowest BCUT2D eigenvalue weighted by Gasteiger charge is -2.16. The molecule has 0 saturated carbocycles. The van der Waals surface area contributed by atoms with Crippen LogP contribution in [0.1, 0.15) is 25.8 Å². The van der Waals surface area contributed by atoms with E-state index in [1.807, 2.05) is 23.9 Å². The first kappa shape index (κ1) is 17.2. The fourth-order valence-electron chi connectivity index (χ4n) is 1.77.